The zero-order valence-corrected chi connectivity index (χ0v) is 21.6. The Bertz CT molecular complexity index is 1480. The predicted molar refractivity (Wildman–Crippen MR) is 136 cm³/mol. The zero-order chi connectivity index (χ0) is 24.6. The average molecular weight is 575 g/mol. The molecular formula is C24H20BrFN4O3S2. The van der Waals surface area contributed by atoms with Crippen molar-refractivity contribution in [3.05, 3.63) is 82.8 Å². The molecule has 7 nitrogen and oxygen atoms in total. The summed E-state index contributed by atoms with van der Waals surface area (Å²) in [6.07, 6.45) is 4.26. The van der Waals surface area contributed by atoms with E-state index >= 15 is 0 Å². The molecule has 4 aromatic rings. The molecule has 0 spiro atoms. The van der Waals surface area contributed by atoms with Gasteiger partial charge in [0.15, 0.2) is 5.13 Å². The number of rotatable bonds is 6. The number of sulfonamides is 1. The lowest BCUT2D eigenvalue weighted by atomic mass is 10.2. The highest BCUT2D eigenvalue weighted by Gasteiger charge is 2.42. The normalized spacial score (nSPS) is 16.6. The van der Waals surface area contributed by atoms with E-state index < -0.39 is 21.9 Å². The molecule has 0 saturated carbocycles. The molecule has 3 heterocycles. The Morgan fingerprint density at radius 1 is 1.20 bits per heavy atom. The third-order valence-corrected chi connectivity index (χ3v) is 9.27. The van der Waals surface area contributed by atoms with E-state index in [0.29, 0.717) is 18.0 Å². The summed E-state index contributed by atoms with van der Waals surface area (Å²) < 4.78 is 43.1. The first kappa shape index (κ1) is 24.0. The highest BCUT2D eigenvalue weighted by molar-refractivity contribution is 9.10. The largest absolute Gasteiger partial charge is 0.282 e. The second-order valence-corrected chi connectivity index (χ2v) is 11.9. The van der Waals surface area contributed by atoms with Crippen molar-refractivity contribution < 1.29 is 17.6 Å². The Hall–Kier alpha value is -2.73. The average Bonchev–Trinajstić information content (AvgIpc) is 3.50. The molecule has 2 aromatic carbocycles. The van der Waals surface area contributed by atoms with Crippen LogP contribution in [0.4, 0.5) is 9.52 Å². The van der Waals surface area contributed by atoms with Crippen LogP contribution in [0.2, 0.25) is 0 Å². The summed E-state index contributed by atoms with van der Waals surface area (Å²) in [7, 11) is -3.98. The molecule has 0 radical (unpaired) electrons. The fourth-order valence-corrected chi connectivity index (χ4v) is 7.29. The number of thiazole rings is 1. The summed E-state index contributed by atoms with van der Waals surface area (Å²) in [4.78, 5) is 24.3. The van der Waals surface area contributed by atoms with Gasteiger partial charge in [-0.2, -0.15) is 4.31 Å². The number of hydrogen-bond acceptors (Lipinski definition) is 6. The molecule has 1 saturated heterocycles. The van der Waals surface area contributed by atoms with Crippen LogP contribution in [0.25, 0.3) is 10.2 Å². The van der Waals surface area contributed by atoms with Gasteiger partial charge in [-0.1, -0.05) is 33.3 Å². The first-order valence-electron chi connectivity index (χ1n) is 10.9. The standard InChI is InChI=1S/C24H20BrFN4O3S2/c25-17-5-10-20-22(13-17)34-24(28-20)29(15-16-3-1-11-27-14-16)23(31)21-4-2-12-30(21)35(32,33)19-8-6-18(26)7-9-19/h1,3,5-11,13-14,21H,2,4,12,15H2. The maximum absolute atomic E-state index is 13.9. The van der Waals surface area contributed by atoms with Gasteiger partial charge in [0, 0.05) is 23.4 Å². The first-order valence-corrected chi connectivity index (χ1v) is 13.9. The van der Waals surface area contributed by atoms with Crippen molar-refractivity contribution in [2.75, 3.05) is 11.4 Å². The number of anilines is 1. The van der Waals surface area contributed by atoms with Gasteiger partial charge in [0.1, 0.15) is 11.9 Å². The Kier molecular flexibility index (Phi) is 6.67. The monoisotopic (exact) mass is 574 g/mol. The van der Waals surface area contributed by atoms with Gasteiger partial charge in [-0.25, -0.2) is 17.8 Å². The third kappa shape index (κ3) is 4.86. The van der Waals surface area contributed by atoms with E-state index in [4.69, 9.17) is 0 Å². The first-order chi connectivity index (χ1) is 16.8. The Morgan fingerprint density at radius 3 is 2.74 bits per heavy atom. The Labute approximate surface area is 214 Å². The maximum Gasteiger partial charge on any atom is 0.247 e. The molecule has 0 N–H and O–H groups in total. The number of pyridine rings is 1. The zero-order valence-electron chi connectivity index (χ0n) is 18.3. The number of benzene rings is 2. The number of fused-ring (bicyclic) bond motifs is 1. The minimum atomic E-state index is -3.98. The third-order valence-electron chi connectivity index (χ3n) is 5.81. The molecule has 180 valence electrons. The van der Waals surface area contributed by atoms with E-state index in [1.807, 2.05) is 24.3 Å². The van der Waals surface area contributed by atoms with Crippen LogP contribution in [0.3, 0.4) is 0 Å². The highest BCUT2D eigenvalue weighted by atomic mass is 79.9. The molecule has 5 rings (SSSR count). The minimum Gasteiger partial charge on any atom is -0.282 e. The van der Waals surface area contributed by atoms with Crippen LogP contribution in [0, 0.1) is 5.82 Å². The van der Waals surface area contributed by atoms with Crippen molar-refractivity contribution in [1.29, 1.82) is 0 Å². The molecule has 1 atom stereocenters. The predicted octanol–water partition coefficient (Wildman–Crippen LogP) is 4.98. The van der Waals surface area contributed by atoms with Crippen molar-refractivity contribution in [1.82, 2.24) is 14.3 Å². The quantitative estimate of drug-likeness (QED) is 0.324. The Morgan fingerprint density at radius 2 is 2.00 bits per heavy atom. The van der Waals surface area contributed by atoms with E-state index in [2.05, 4.69) is 25.9 Å². The smallest absolute Gasteiger partial charge is 0.247 e. The van der Waals surface area contributed by atoms with Crippen molar-refractivity contribution in [2.45, 2.75) is 30.3 Å². The molecule has 0 aliphatic carbocycles. The van der Waals surface area contributed by atoms with Crippen LogP contribution >= 0.6 is 27.3 Å². The van der Waals surface area contributed by atoms with E-state index in [0.717, 1.165) is 32.4 Å². The molecule has 35 heavy (non-hydrogen) atoms. The lowest BCUT2D eigenvalue weighted by Crippen LogP contribution is -2.47. The molecule has 1 unspecified atom stereocenters. The lowest BCUT2D eigenvalue weighted by molar-refractivity contribution is -0.121. The van der Waals surface area contributed by atoms with E-state index in [1.54, 1.807) is 23.4 Å². The van der Waals surface area contributed by atoms with Gasteiger partial charge in [0.05, 0.1) is 21.7 Å². The van der Waals surface area contributed by atoms with Crippen LogP contribution in [0.15, 0.2) is 76.4 Å². The topological polar surface area (TPSA) is 83.5 Å². The second-order valence-electron chi connectivity index (χ2n) is 8.12. The summed E-state index contributed by atoms with van der Waals surface area (Å²) in [5.74, 6) is -0.877. The van der Waals surface area contributed by atoms with E-state index in [9.17, 15) is 17.6 Å². The van der Waals surface area contributed by atoms with Crippen molar-refractivity contribution in [3.63, 3.8) is 0 Å². The number of aromatic nitrogens is 2. The lowest BCUT2D eigenvalue weighted by Gasteiger charge is -2.28. The molecule has 1 fully saturated rings. The highest BCUT2D eigenvalue weighted by Crippen LogP contribution is 2.34. The summed E-state index contributed by atoms with van der Waals surface area (Å²) in [5, 5.41) is 0.484. The van der Waals surface area contributed by atoms with Gasteiger partial charge in [-0.15, -0.1) is 0 Å². The SMILES string of the molecule is O=C(C1CCCN1S(=O)(=O)c1ccc(F)cc1)N(Cc1cccnc1)c1nc2ccc(Br)cc2s1. The second kappa shape index (κ2) is 9.73. The molecule has 1 amide bonds. The Balaban J connectivity index is 1.52. The molecule has 11 heteroatoms. The van der Waals surface area contributed by atoms with Crippen molar-refractivity contribution >= 4 is 58.5 Å². The van der Waals surface area contributed by atoms with Gasteiger partial charge in [-0.3, -0.25) is 14.7 Å². The number of hydrogen-bond donors (Lipinski definition) is 0. The fourth-order valence-electron chi connectivity index (χ4n) is 4.11. The van der Waals surface area contributed by atoms with E-state index in [1.165, 1.54) is 27.8 Å². The van der Waals surface area contributed by atoms with Crippen molar-refractivity contribution in [2.24, 2.45) is 0 Å². The van der Waals surface area contributed by atoms with Crippen LogP contribution < -0.4 is 4.90 Å². The summed E-state index contributed by atoms with van der Waals surface area (Å²) in [6, 6.07) is 13.1. The van der Waals surface area contributed by atoms with Gasteiger partial charge in [0.2, 0.25) is 15.9 Å². The number of amides is 1. The number of halogens is 2. The van der Waals surface area contributed by atoms with E-state index in [-0.39, 0.29) is 23.9 Å². The van der Waals surface area contributed by atoms with Gasteiger partial charge < -0.3 is 0 Å². The molecule has 0 bridgehead atoms. The van der Waals surface area contributed by atoms with Gasteiger partial charge >= 0.3 is 0 Å². The van der Waals surface area contributed by atoms with Crippen LogP contribution in [-0.2, 0) is 21.4 Å². The fraction of sp³-hybridized carbons (Fsp3) is 0.208. The van der Waals surface area contributed by atoms with Crippen molar-refractivity contribution in [3.8, 4) is 0 Å². The molecule has 1 aliphatic heterocycles. The number of carbonyl (C=O) groups is 1. The van der Waals surface area contributed by atoms with Crippen LogP contribution in [0.1, 0.15) is 18.4 Å². The maximum atomic E-state index is 13.9. The van der Waals surface area contributed by atoms with Crippen LogP contribution in [0.5, 0.6) is 0 Å². The minimum absolute atomic E-state index is 0.0396. The summed E-state index contributed by atoms with van der Waals surface area (Å²) in [6.45, 7) is 0.415. The number of nitrogens with zero attached hydrogens (tertiary/aromatic N) is 4. The van der Waals surface area contributed by atoms with Gasteiger partial charge in [0.25, 0.3) is 0 Å². The van der Waals surface area contributed by atoms with Crippen LogP contribution in [-0.4, -0.2) is 41.2 Å². The summed E-state index contributed by atoms with van der Waals surface area (Å²) in [5.41, 5.74) is 1.55. The molecule has 2 aromatic heterocycles. The molecule has 1 aliphatic rings. The number of carbonyl (C=O) groups excluding carboxylic acids is 1. The molecular weight excluding hydrogens is 555 g/mol. The summed E-state index contributed by atoms with van der Waals surface area (Å²) >= 11 is 4.83. The van der Waals surface area contributed by atoms with Gasteiger partial charge in [-0.05, 0) is 66.9 Å².